The largest absolute Gasteiger partial charge is 0.513 e. The Balaban J connectivity index is 1.25. The lowest BCUT2D eigenvalue weighted by Crippen LogP contribution is -2.28. The lowest BCUT2D eigenvalue weighted by molar-refractivity contribution is -0.0514. The molecule has 1 fully saturated rings. The second-order valence-electron chi connectivity index (χ2n) is 8.45. The Morgan fingerprint density at radius 3 is 2.69 bits per heavy atom. The molecule has 2 N–H and O–H groups in total. The van der Waals surface area contributed by atoms with E-state index in [9.17, 15) is 14.7 Å². The molecule has 3 atom stereocenters. The summed E-state index contributed by atoms with van der Waals surface area (Å²) in [4.78, 5) is 38.7. The maximum absolute atomic E-state index is 12.9. The van der Waals surface area contributed by atoms with Crippen molar-refractivity contribution in [2.24, 2.45) is 0 Å². The van der Waals surface area contributed by atoms with Gasteiger partial charge in [0.2, 0.25) is 0 Å². The molecule has 0 spiro atoms. The summed E-state index contributed by atoms with van der Waals surface area (Å²) < 4.78 is 23.4. The number of fused-ring (bicyclic) bond motifs is 1. The number of ether oxygens (including phenoxy) is 4. The second kappa shape index (κ2) is 11.7. The molecular formula is C26H25N5O7S. The van der Waals surface area contributed by atoms with E-state index in [-0.39, 0.29) is 18.8 Å². The van der Waals surface area contributed by atoms with Gasteiger partial charge in [0, 0.05) is 6.42 Å². The second-order valence-corrected chi connectivity index (χ2v) is 9.29. The maximum atomic E-state index is 12.9. The van der Waals surface area contributed by atoms with Crippen LogP contribution in [0.25, 0.3) is 11.2 Å². The van der Waals surface area contributed by atoms with Crippen LogP contribution in [0.5, 0.6) is 11.5 Å². The number of imidazole rings is 1. The number of amides is 1. The van der Waals surface area contributed by atoms with Crippen molar-refractivity contribution in [2.45, 2.75) is 29.8 Å². The van der Waals surface area contributed by atoms with E-state index in [0.29, 0.717) is 28.2 Å². The SMILES string of the molecule is COc1ccccc1C(=O)Nc1ncnc2c1ncn2[C@H]1CC(O)[C@@H](COC(=O)Oc2ccccc2SC)O1. The molecule has 1 unspecified atom stereocenters. The fourth-order valence-corrected chi connectivity index (χ4v) is 4.70. The van der Waals surface area contributed by atoms with E-state index >= 15 is 0 Å². The van der Waals surface area contributed by atoms with Crippen molar-refractivity contribution >= 4 is 40.8 Å². The molecule has 1 aliphatic rings. The molecule has 0 saturated carbocycles. The predicted octanol–water partition coefficient (Wildman–Crippen LogP) is 3.67. The van der Waals surface area contributed by atoms with Crippen molar-refractivity contribution in [3.8, 4) is 11.5 Å². The monoisotopic (exact) mass is 551 g/mol. The molecule has 12 nitrogen and oxygen atoms in total. The van der Waals surface area contributed by atoms with E-state index in [0.717, 1.165) is 4.90 Å². The normalized spacial score (nSPS) is 18.6. The number of nitrogens with zero attached hydrogens (tertiary/aromatic N) is 4. The summed E-state index contributed by atoms with van der Waals surface area (Å²) >= 11 is 1.44. The zero-order valence-electron chi connectivity index (χ0n) is 21.0. The third kappa shape index (κ3) is 5.65. The Morgan fingerprint density at radius 1 is 1.13 bits per heavy atom. The van der Waals surface area contributed by atoms with Crippen LogP contribution in [0.1, 0.15) is 23.0 Å². The van der Waals surface area contributed by atoms with Gasteiger partial charge in [0.25, 0.3) is 5.91 Å². The van der Waals surface area contributed by atoms with E-state index in [1.54, 1.807) is 41.0 Å². The summed E-state index contributed by atoms with van der Waals surface area (Å²) in [6, 6.07) is 13.9. The van der Waals surface area contributed by atoms with Gasteiger partial charge in [-0.1, -0.05) is 24.3 Å². The molecule has 1 amide bonds. The molecule has 202 valence electrons. The van der Waals surface area contributed by atoms with E-state index in [2.05, 4.69) is 20.3 Å². The number of aliphatic hydroxyl groups is 1. The minimum atomic E-state index is -0.912. The van der Waals surface area contributed by atoms with Crippen molar-refractivity contribution < 1.29 is 33.6 Å². The zero-order chi connectivity index (χ0) is 27.4. The third-order valence-corrected chi connectivity index (χ3v) is 6.86. The molecular weight excluding hydrogens is 526 g/mol. The number of methoxy groups -OCH3 is 1. The van der Waals surface area contributed by atoms with Crippen LogP contribution in [-0.4, -0.2) is 68.9 Å². The number of aliphatic hydroxyl groups excluding tert-OH is 1. The van der Waals surface area contributed by atoms with Crippen LogP contribution in [0, 0.1) is 0 Å². The number of rotatable bonds is 8. The zero-order valence-corrected chi connectivity index (χ0v) is 21.8. The first-order chi connectivity index (χ1) is 19.0. The topological polar surface area (TPSA) is 147 Å². The number of thioether (sulfide) groups is 1. The third-order valence-electron chi connectivity index (χ3n) is 6.08. The van der Waals surface area contributed by atoms with Gasteiger partial charge in [-0.3, -0.25) is 9.36 Å². The number of aromatic nitrogens is 4. The van der Waals surface area contributed by atoms with Crippen LogP contribution in [0.3, 0.4) is 0 Å². The summed E-state index contributed by atoms with van der Waals surface area (Å²) in [5.74, 6) is 0.601. The summed E-state index contributed by atoms with van der Waals surface area (Å²) in [6.07, 6.45) is 1.63. The number of carbonyl (C=O) groups is 2. The van der Waals surface area contributed by atoms with Crippen LogP contribution < -0.4 is 14.8 Å². The van der Waals surface area contributed by atoms with Gasteiger partial charge in [0.15, 0.2) is 17.0 Å². The predicted molar refractivity (Wildman–Crippen MR) is 141 cm³/mol. The quantitative estimate of drug-likeness (QED) is 0.188. The highest BCUT2D eigenvalue weighted by Gasteiger charge is 2.37. The Hall–Kier alpha value is -4.20. The van der Waals surface area contributed by atoms with Crippen molar-refractivity contribution in [3.63, 3.8) is 0 Å². The first kappa shape index (κ1) is 26.4. The van der Waals surface area contributed by atoms with E-state index in [4.69, 9.17) is 18.9 Å². The number of anilines is 1. The average Bonchev–Trinajstić information content (AvgIpc) is 3.55. The van der Waals surface area contributed by atoms with Gasteiger partial charge >= 0.3 is 6.16 Å². The number of benzene rings is 2. The highest BCUT2D eigenvalue weighted by Crippen LogP contribution is 2.32. The molecule has 0 bridgehead atoms. The van der Waals surface area contributed by atoms with E-state index in [1.165, 1.54) is 31.5 Å². The summed E-state index contributed by atoms with van der Waals surface area (Å²) in [5.41, 5.74) is 1.08. The smallest absolute Gasteiger partial charge is 0.496 e. The molecule has 0 aliphatic carbocycles. The van der Waals surface area contributed by atoms with Gasteiger partial charge in [0.1, 0.15) is 36.8 Å². The van der Waals surface area contributed by atoms with Crippen LogP contribution in [0.15, 0.2) is 66.1 Å². The number of para-hydroxylation sites is 2. The fourth-order valence-electron chi connectivity index (χ4n) is 4.17. The van der Waals surface area contributed by atoms with E-state index < -0.39 is 30.5 Å². The number of nitrogens with one attached hydrogen (secondary N) is 1. The Morgan fingerprint density at radius 2 is 1.90 bits per heavy atom. The minimum Gasteiger partial charge on any atom is -0.496 e. The Kier molecular flexibility index (Phi) is 7.91. The lowest BCUT2D eigenvalue weighted by Gasteiger charge is -2.16. The number of hydrogen-bond donors (Lipinski definition) is 2. The molecule has 5 rings (SSSR count). The fraction of sp³-hybridized carbons (Fsp3) is 0.269. The highest BCUT2D eigenvalue weighted by atomic mass is 32.2. The average molecular weight is 552 g/mol. The van der Waals surface area contributed by atoms with Crippen LogP contribution in [-0.2, 0) is 9.47 Å². The molecule has 3 heterocycles. The minimum absolute atomic E-state index is 0.205. The summed E-state index contributed by atoms with van der Waals surface area (Å²) in [6.45, 7) is -0.209. The Labute approximate surface area is 227 Å². The van der Waals surface area contributed by atoms with Gasteiger partial charge < -0.3 is 29.4 Å². The van der Waals surface area contributed by atoms with E-state index in [1.807, 2.05) is 18.4 Å². The molecule has 4 aromatic rings. The van der Waals surface area contributed by atoms with Crippen molar-refractivity contribution in [1.29, 1.82) is 0 Å². The number of hydrogen-bond acceptors (Lipinski definition) is 11. The van der Waals surface area contributed by atoms with Crippen LogP contribution >= 0.6 is 11.8 Å². The van der Waals surface area contributed by atoms with Gasteiger partial charge in [-0.2, -0.15) is 0 Å². The standard InChI is InChI=1S/C26H25N5O7S/c1-35-17-8-4-3-7-15(17)25(33)30-23-22-24(28-13-27-23)31(14-29-22)21-11-16(32)19(37-21)12-36-26(34)38-18-9-5-6-10-20(18)39-2/h3-10,13-14,16,19,21,32H,11-12H2,1-2H3,(H,27,28,30,33)/t16?,19-,21-/m1/s1. The van der Waals surface area contributed by atoms with Crippen molar-refractivity contribution in [1.82, 2.24) is 19.5 Å². The molecule has 2 aromatic heterocycles. The molecule has 0 radical (unpaired) electrons. The molecule has 1 saturated heterocycles. The lowest BCUT2D eigenvalue weighted by atomic mass is 10.2. The molecule has 39 heavy (non-hydrogen) atoms. The van der Waals surface area contributed by atoms with Crippen LogP contribution in [0.2, 0.25) is 0 Å². The number of carbonyl (C=O) groups excluding carboxylic acids is 2. The van der Waals surface area contributed by atoms with Crippen LogP contribution in [0.4, 0.5) is 10.6 Å². The first-order valence-corrected chi connectivity index (χ1v) is 13.1. The molecule has 2 aromatic carbocycles. The molecule has 1 aliphatic heterocycles. The molecule has 13 heteroatoms. The highest BCUT2D eigenvalue weighted by molar-refractivity contribution is 7.98. The van der Waals surface area contributed by atoms with Gasteiger partial charge in [-0.15, -0.1) is 11.8 Å². The van der Waals surface area contributed by atoms with Gasteiger partial charge in [0.05, 0.1) is 30.0 Å². The Bertz CT molecular complexity index is 1500. The first-order valence-electron chi connectivity index (χ1n) is 11.9. The maximum Gasteiger partial charge on any atom is 0.513 e. The van der Waals surface area contributed by atoms with Crippen molar-refractivity contribution in [2.75, 3.05) is 25.3 Å². The summed E-state index contributed by atoms with van der Waals surface area (Å²) in [7, 11) is 1.48. The van der Waals surface area contributed by atoms with Crippen molar-refractivity contribution in [3.05, 3.63) is 66.7 Å². The van der Waals surface area contributed by atoms with Gasteiger partial charge in [-0.05, 0) is 30.5 Å². The summed E-state index contributed by atoms with van der Waals surface area (Å²) in [5, 5.41) is 13.3. The van der Waals surface area contributed by atoms with Gasteiger partial charge in [-0.25, -0.2) is 19.7 Å².